The van der Waals surface area contributed by atoms with Crippen molar-refractivity contribution in [1.29, 1.82) is 0 Å². The molecule has 4 rings (SSSR count). The molecule has 146 valence electrons. The van der Waals surface area contributed by atoms with E-state index in [1.54, 1.807) is 43.1 Å². The monoisotopic (exact) mass is 387 g/mol. The zero-order valence-electron chi connectivity index (χ0n) is 16.1. The quantitative estimate of drug-likeness (QED) is 0.515. The van der Waals surface area contributed by atoms with Gasteiger partial charge < -0.3 is 19.7 Å². The molecule has 0 spiro atoms. The van der Waals surface area contributed by atoms with Crippen molar-refractivity contribution in [3.05, 3.63) is 79.1 Å². The zero-order valence-corrected chi connectivity index (χ0v) is 16.1. The van der Waals surface area contributed by atoms with Crippen LogP contribution in [-0.4, -0.2) is 31.7 Å². The Labute approximate surface area is 168 Å². The predicted molar refractivity (Wildman–Crippen MR) is 111 cm³/mol. The van der Waals surface area contributed by atoms with E-state index in [4.69, 9.17) is 4.74 Å². The third-order valence-corrected chi connectivity index (χ3v) is 4.67. The largest absolute Gasteiger partial charge is 0.504 e. The lowest BCUT2D eigenvalue weighted by Gasteiger charge is -2.16. The number of hydrogen-bond acceptors (Lipinski definition) is 6. The molecular formula is C22H21N5O2. The molecule has 4 aromatic rings. The Bertz CT molecular complexity index is 1090. The first-order valence-corrected chi connectivity index (χ1v) is 9.18. The number of rotatable bonds is 6. The summed E-state index contributed by atoms with van der Waals surface area (Å²) in [7, 11) is 1.52. The van der Waals surface area contributed by atoms with E-state index < -0.39 is 0 Å². The number of anilines is 1. The van der Waals surface area contributed by atoms with Gasteiger partial charge in [-0.2, -0.15) is 0 Å². The fraction of sp³-hybridized carbons (Fsp3) is 0.136. The van der Waals surface area contributed by atoms with Crippen molar-refractivity contribution in [3.63, 3.8) is 0 Å². The van der Waals surface area contributed by atoms with Crippen LogP contribution < -0.4 is 10.1 Å². The van der Waals surface area contributed by atoms with Crippen molar-refractivity contribution in [2.45, 2.75) is 13.0 Å². The summed E-state index contributed by atoms with van der Waals surface area (Å²) in [6, 6.07) is 13.4. The molecule has 0 radical (unpaired) electrons. The van der Waals surface area contributed by atoms with Gasteiger partial charge in [-0.05, 0) is 42.8 Å². The highest BCUT2D eigenvalue weighted by atomic mass is 16.5. The first kappa shape index (κ1) is 18.5. The van der Waals surface area contributed by atoms with E-state index in [0.29, 0.717) is 17.3 Å². The van der Waals surface area contributed by atoms with Gasteiger partial charge in [-0.1, -0.05) is 12.1 Å². The number of aromatic nitrogens is 4. The minimum atomic E-state index is 0.0470. The number of benzene rings is 2. The molecule has 29 heavy (non-hydrogen) atoms. The summed E-state index contributed by atoms with van der Waals surface area (Å²) in [5.41, 5.74) is 3.69. The van der Waals surface area contributed by atoms with E-state index in [1.165, 1.54) is 7.11 Å². The number of methoxy groups -OCH3 is 1. The smallest absolute Gasteiger partial charge is 0.161 e. The molecule has 0 aliphatic rings. The van der Waals surface area contributed by atoms with Gasteiger partial charge in [0.05, 0.1) is 31.5 Å². The number of ether oxygens (including phenoxy) is 1. The second kappa shape index (κ2) is 8.02. The molecule has 0 unspecified atom stereocenters. The third kappa shape index (κ3) is 4.03. The van der Waals surface area contributed by atoms with Gasteiger partial charge in [-0.25, -0.2) is 9.97 Å². The minimum Gasteiger partial charge on any atom is -0.504 e. The molecule has 0 aliphatic heterocycles. The van der Waals surface area contributed by atoms with Gasteiger partial charge in [-0.15, -0.1) is 0 Å². The van der Waals surface area contributed by atoms with Crippen LogP contribution in [0.5, 0.6) is 11.5 Å². The zero-order chi connectivity index (χ0) is 20.2. The van der Waals surface area contributed by atoms with Crippen LogP contribution in [0.1, 0.15) is 18.5 Å². The molecule has 2 heterocycles. The number of phenolic OH excluding ortho intramolecular Hbond substituents is 1. The number of nitrogens with zero attached hydrogens (tertiary/aromatic N) is 4. The number of nitrogens with one attached hydrogen (secondary N) is 1. The Balaban J connectivity index is 1.52. The Hall–Kier alpha value is -3.87. The highest BCUT2D eigenvalue weighted by Gasteiger charge is 2.10. The fourth-order valence-electron chi connectivity index (χ4n) is 3.06. The highest BCUT2D eigenvalue weighted by Crippen LogP contribution is 2.31. The van der Waals surface area contributed by atoms with Crippen LogP contribution in [0, 0.1) is 0 Å². The second-order valence-electron chi connectivity index (χ2n) is 6.60. The average molecular weight is 387 g/mol. The van der Waals surface area contributed by atoms with Crippen molar-refractivity contribution >= 4 is 5.82 Å². The van der Waals surface area contributed by atoms with Gasteiger partial charge in [0.1, 0.15) is 5.82 Å². The maximum absolute atomic E-state index is 9.78. The summed E-state index contributed by atoms with van der Waals surface area (Å²) in [5, 5.41) is 13.2. The topological polar surface area (TPSA) is 85.1 Å². The van der Waals surface area contributed by atoms with Crippen molar-refractivity contribution in [3.8, 4) is 28.4 Å². The molecule has 0 saturated carbocycles. The van der Waals surface area contributed by atoms with Crippen LogP contribution >= 0.6 is 0 Å². The van der Waals surface area contributed by atoms with Crippen LogP contribution in [0.3, 0.4) is 0 Å². The maximum Gasteiger partial charge on any atom is 0.161 e. The summed E-state index contributed by atoms with van der Waals surface area (Å²) in [5.74, 6) is 1.15. The van der Waals surface area contributed by atoms with Crippen molar-refractivity contribution in [1.82, 2.24) is 19.5 Å². The van der Waals surface area contributed by atoms with Crippen molar-refractivity contribution in [2.75, 3.05) is 12.4 Å². The molecule has 2 aromatic heterocycles. The SMILES string of the molecule is COc1cc(-c2cncc(N[C@H](C)c3ccc(-n4ccnc4)cc3)n2)ccc1O. The number of imidazole rings is 1. The molecule has 1 atom stereocenters. The first-order valence-electron chi connectivity index (χ1n) is 9.18. The van der Waals surface area contributed by atoms with E-state index in [0.717, 1.165) is 16.8 Å². The molecule has 0 saturated heterocycles. The molecular weight excluding hydrogens is 366 g/mol. The standard InChI is InChI=1S/C22H21N5O2/c1-15(16-3-6-18(7-4-16)27-10-9-23-14-27)25-22-13-24-12-19(26-22)17-5-8-20(28)21(11-17)29-2/h3-15,28H,1-2H3,(H,25,26)/t15-/m1/s1. The molecule has 0 bridgehead atoms. The summed E-state index contributed by atoms with van der Waals surface area (Å²) in [6.45, 7) is 2.07. The number of aromatic hydroxyl groups is 1. The lowest BCUT2D eigenvalue weighted by molar-refractivity contribution is 0.373. The molecule has 0 fully saturated rings. The minimum absolute atomic E-state index is 0.0470. The van der Waals surface area contributed by atoms with Crippen LogP contribution in [0.4, 0.5) is 5.82 Å². The summed E-state index contributed by atoms with van der Waals surface area (Å²) in [4.78, 5) is 13.0. The van der Waals surface area contributed by atoms with Crippen molar-refractivity contribution in [2.24, 2.45) is 0 Å². The summed E-state index contributed by atoms with van der Waals surface area (Å²) >= 11 is 0. The first-order chi connectivity index (χ1) is 14.1. The molecule has 2 aromatic carbocycles. The van der Waals surface area contributed by atoms with Crippen LogP contribution in [0.25, 0.3) is 16.9 Å². The summed E-state index contributed by atoms with van der Waals surface area (Å²) in [6.07, 6.45) is 8.82. The van der Waals surface area contributed by atoms with Gasteiger partial charge in [0.2, 0.25) is 0 Å². The Morgan fingerprint density at radius 2 is 1.90 bits per heavy atom. The Morgan fingerprint density at radius 3 is 2.62 bits per heavy atom. The maximum atomic E-state index is 9.78. The molecule has 0 amide bonds. The van der Waals surface area contributed by atoms with E-state index in [1.807, 2.05) is 10.8 Å². The van der Waals surface area contributed by atoms with Gasteiger partial charge >= 0.3 is 0 Å². The lowest BCUT2D eigenvalue weighted by atomic mass is 10.1. The number of phenols is 1. The molecule has 7 nitrogen and oxygen atoms in total. The molecule has 2 N–H and O–H groups in total. The van der Waals surface area contributed by atoms with E-state index >= 15 is 0 Å². The van der Waals surface area contributed by atoms with Crippen molar-refractivity contribution < 1.29 is 9.84 Å². The van der Waals surface area contributed by atoms with Gasteiger partial charge in [-0.3, -0.25) is 4.98 Å². The molecule has 7 heteroatoms. The Kier molecular flexibility index (Phi) is 5.11. The second-order valence-corrected chi connectivity index (χ2v) is 6.60. The van der Waals surface area contributed by atoms with E-state index in [-0.39, 0.29) is 11.8 Å². The van der Waals surface area contributed by atoms with E-state index in [2.05, 4.69) is 51.5 Å². The lowest BCUT2D eigenvalue weighted by Crippen LogP contribution is -2.08. The third-order valence-electron chi connectivity index (χ3n) is 4.67. The van der Waals surface area contributed by atoms with Gasteiger partial charge in [0.15, 0.2) is 11.5 Å². The Morgan fingerprint density at radius 1 is 1.07 bits per heavy atom. The average Bonchev–Trinajstić information content (AvgIpc) is 3.29. The number of hydrogen-bond donors (Lipinski definition) is 2. The fourth-order valence-corrected chi connectivity index (χ4v) is 3.06. The van der Waals surface area contributed by atoms with Crippen LogP contribution in [0.15, 0.2) is 73.6 Å². The predicted octanol–water partition coefficient (Wildman–Crippen LogP) is 4.22. The van der Waals surface area contributed by atoms with Gasteiger partial charge in [0.25, 0.3) is 0 Å². The van der Waals surface area contributed by atoms with E-state index in [9.17, 15) is 5.11 Å². The van der Waals surface area contributed by atoms with Crippen LogP contribution in [0.2, 0.25) is 0 Å². The van der Waals surface area contributed by atoms with Gasteiger partial charge in [0, 0.05) is 29.7 Å². The highest BCUT2D eigenvalue weighted by molar-refractivity contribution is 5.64. The molecule has 0 aliphatic carbocycles. The summed E-state index contributed by atoms with van der Waals surface area (Å²) < 4.78 is 7.14. The van der Waals surface area contributed by atoms with Crippen LogP contribution in [-0.2, 0) is 0 Å². The normalized spacial score (nSPS) is 11.8.